The van der Waals surface area contributed by atoms with Crippen LogP contribution in [0.2, 0.25) is 0 Å². The Morgan fingerprint density at radius 1 is 0.721 bits per heavy atom. The molecule has 5 aromatic carbocycles. The number of carboxylic acid groups (broad SMARTS) is 1. The molecule has 0 amide bonds. The van der Waals surface area contributed by atoms with Crippen molar-refractivity contribution >= 4 is 55.3 Å². The van der Waals surface area contributed by atoms with E-state index in [1.165, 1.54) is 36.4 Å². The van der Waals surface area contributed by atoms with E-state index in [0.29, 0.717) is 28.0 Å². The topological polar surface area (TPSA) is 208 Å². The number of nitrogen functional groups attached to an aromatic ring is 1. The van der Waals surface area contributed by atoms with E-state index >= 15 is 0 Å². The number of azo groups is 2. The molecule has 0 aliphatic rings. The van der Waals surface area contributed by atoms with Gasteiger partial charge in [-0.25, -0.2) is 4.79 Å². The first kappa shape index (κ1) is 28.9. The summed E-state index contributed by atoms with van der Waals surface area (Å²) >= 11 is 0. The van der Waals surface area contributed by atoms with Gasteiger partial charge < -0.3 is 21.1 Å². The summed E-state index contributed by atoms with van der Waals surface area (Å²) in [5, 5.41) is 46.7. The molecule has 0 unspecified atom stereocenters. The molecule has 43 heavy (non-hydrogen) atoms. The first-order chi connectivity index (χ1) is 20.4. The molecule has 5 rings (SSSR count). The number of carboxylic acids is 1. The van der Waals surface area contributed by atoms with Gasteiger partial charge in [0.25, 0.3) is 10.1 Å². The number of benzene rings is 5. The molecular formula is C30H23N5O7S. The van der Waals surface area contributed by atoms with E-state index in [2.05, 4.69) is 20.5 Å². The summed E-state index contributed by atoms with van der Waals surface area (Å²) in [5.74, 6) is -2.05. The van der Waals surface area contributed by atoms with Crippen LogP contribution in [0.15, 0.2) is 110 Å². The van der Waals surface area contributed by atoms with Crippen LogP contribution in [-0.2, 0) is 10.1 Å². The van der Waals surface area contributed by atoms with Gasteiger partial charge in [-0.15, -0.1) is 5.11 Å². The van der Waals surface area contributed by atoms with Crippen LogP contribution in [0.3, 0.4) is 0 Å². The van der Waals surface area contributed by atoms with Crippen LogP contribution in [0.5, 0.6) is 11.5 Å². The zero-order valence-electron chi connectivity index (χ0n) is 22.4. The number of phenols is 2. The fraction of sp³-hybridized carbons (Fsp3) is 0.0333. The number of fused-ring (bicyclic) bond motifs is 1. The predicted molar refractivity (Wildman–Crippen MR) is 160 cm³/mol. The van der Waals surface area contributed by atoms with Gasteiger partial charge in [0.1, 0.15) is 21.9 Å². The second-order valence-electron chi connectivity index (χ2n) is 9.49. The summed E-state index contributed by atoms with van der Waals surface area (Å²) in [7, 11) is -4.74. The molecule has 0 fully saturated rings. The van der Waals surface area contributed by atoms with Gasteiger partial charge in [0.2, 0.25) is 0 Å². The third kappa shape index (κ3) is 6.17. The molecule has 0 aliphatic heterocycles. The Labute approximate surface area is 244 Å². The monoisotopic (exact) mass is 597 g/mol. The first-order valence-corrected chi connectivity index (χ1v) is 14.0. The van der Waals surface area contributed by atoms with Crippen LogP contribution < -0.4 is 5.73 Å². The molecule has 0 atom stereocenters. The third-order valence-electron chi connectivity index (χ3n) is 6.48. The van der Waals surface area contributed by atoms with E-state index in [9.17, 15) is 33.1 Å². The molecule has 12 nitrogen and oxygen atoms in total. The number of hydrogen-bond acceptors (Lipinski definition) is 10. The standard InChI is InChI=1S/C30H23N5O7S/c1-16-12-23(15-25(28(16)36)30(38)39)34-32-21-7-2-17(3-8-21)18-4-9-22(10-5-18)33-35-27-26(43(40,41)42)14-19-13-20(31)6-11-24(19)29(27)37/h2-15,36-37H,31H2,1H3,(H,38,39)(H,40,41,42). The Balaban J connectivity index is 1.36. The highest BCUT2D eigenvalue weighted by atomic mass is 32.2. The van der Waals surface area contributed by atoms with Crippen LogP contribution in [0.1, 0.15) is 15.9 Å². The lowest BCUT2D eigenvalue weighted by Crippen LogP contribution is -1.99. The number of aryl methyl sites for hydroxylation is 1. The maximum atomic E-state index is 12.0. The van der Waals surface area contributed by atoms with Crippen molar-refractivity contribution in [1.82, 2.24) is 0 Å². The van der Waals surface area contributed by atoms with E-state index in [0.717, 1.165) is 11.1 Å². The molecule has 5 aromatic rings. The largest absolute Gasteiger partial charge is 0.507 e. The van der Waals surface area contributed by atoms with Gasteiger partial charge in [0.15, 0.2) is 5.75 Å². The SMILES string of the molecule is Cc1cc(N=Nc2ccc(-c3ccc(N=Nc4c(S(=O)(=O)O)cc5cc(N)ccc5c4O)cc3)cc2)cc(C(=O)O)c1O. The lowest BCUT2D eigenvalue weighted by atomic mass is 10.1. The van der Waals surface area contributed by atoms with Crippen LogP contribution in [-0.4, -0.2) is 34.3 Å². The summed E-state index contributed by atoms with van der Waals surface area (Å²) < 4.78 is 33.8. The van der Waals surface area contributed by atoms with Crippen molar-refractivity contribution in [3.05, 3.63) is 96.1 Å². The van der Waals surface area contributed by atoms with Gasteiger partial charge in [-0.2, -0.15) is 23.8 Å². The van der Waals surface area contributed by atoms with E-state index in [1.807, 2.05) is 12.1 Å². The molecule has 0 saturated heterocycles. The smallest absolute Gasteiger partial charge is 0.339 e. The minimum atomic E-state index is -4.74. The fourth-order valence-corrected chi connectivity index (χ4v) is 4.97. The van der Waals surface area contributed by atoms with E-state index in [-0.39, 0.29) is 22.4 Å². The van der Waals surface area contributed by atoms with Crippen molar-refractivity contribution in [2.24, 2.45) is 20.5 Å². The van der Waals surface area contributed by atoms with Gasteiger partial charge >= 0.3 is 5.97 Å². The van der Waals surface area contributed by atoms with Gasteiger partial charge in [0.05, 0.1) is 17.1 Å². The normalized spacial score (nSPS) is 12.0. The van der Waals surface area contributed by atoms with E-state index < -0.39 is 32.4 Å². The average molecular weight is 598 g/mol. The molecule has 0 bridgehead atoms. The molecule has 13 heteroatoms. The molecule has 0 saturated carbocycles. The molecule has 0 aromatic heterocycles. The Bertz CT molecular complexity index is 2060. The fourth-order valence-electron chi connectivity index (χ4n) is 4.31. The lowest BCUT2D eigenvalue weighted by Gasteiger charge is -2.09. The molecule has 6 N–H and O–H groups in total. The number of phenolic OH excluding ortho intramolecular Hbond substituents is 1. The van der Waals surface area contributed by atoms with Crippen LogP contribution in [0.4, 0.5) is 28.4 Å². The Kier molecular flexibility index (Phi) is 7.59. The number of rotatable bonds is 7. The van der Waals surface area contributed by atoms with Gasteiger partial charge in [0, 0.05) is 11.1 Å². The molecule has 0 heterocycles. The molecule has 0 aliphatic carbocycles. The van der Waals surface area contributed by atoms with Crippen molar-refractivity contribution in [3.8, 4) is 22.6 Å². The summed E-state index contributed by atoms with van der Waals surface area (Å²) in [5.41, 5.74) is 8.64. The van der Waals surface area contributed by atoms with Crippen molar-refractivity contribution < 1.29 is 33.1 Å². The zero-order valence-corrected chi connectivity index (χ0v) is 23.2. The number of hydrogen-bond donors (Lipinski definition) is 5. The van der Waals surface area contributed by atoms with Gasteiger partial charge in [-0.05, 0) is 89.7 Å². The lowest BCUT2D eigenvalue weighted by molar-refractivity contribution is 0.0693. The van der Waals surface area contributed by atoms with Crippen LogP contribution in [0, 0.1) is 6.92 Å². The Morgan fingerprint density at radius 3 is 1.84 bits per heavy atom. The highest BCUT2D eigenvalue weighted by Gasteiger charge is 2.22. The number of aromatic carboxylic acids is 1. The minimum absolute atomic E-state index is 0.258. The van der Waals surface area contributed by atoms with Gasteiger partial charge in [-0.1, -0.05) is 24.3 Å². The second kappa shape index (κ2) is 11.3. The van der Waals surface area contributed by atoms with Gasteiger partial charge in [-0.3, -0.25) is 4.55 Å². The number of nitrogens with two attached hydrogens (primary N) is 1. The molecule has 216 valence electrons. The van der Waals surface area contributed by atoms with Crippen molar-refractivity contribution in [2.45, 2.75) is 11.8 Å². The number of aromatic hydroxyl groups is 2. The van der Waals surface area contributed by atoms with Crippen molar-refractivity contribution in [2.75, 3.05) is 5.73 Å². The summed E-state index contributed by atoms with van der Waals surface area (Å²) in [6.45, 7) is 1.57. The zero-order chi connectivity index (χ0) is 30.9. The number of anilines is 1. The molecule has 0 spiro atoms. The number of carbonyl (C=O) groups is 1. The quantitative estimate of drug-likeness (QED) is 0.0715. The molecular weight excluding hydrogens is 574 g/mol. The summed E-state index contributed by atoms with van der Waals surface area (Å²) in [6, 6.07) is 22.4. The molecule has 0 radical (unpaired) electrons. The highest BCUT2D eigenvalue weighted by molar-refractivity contribution is 7.86. The van der Waals surface area contributed by atoms with E-state index in [1.54, 1.807) is 43.3 Å². The third-order valence-corrected chi connectivity index (χ3v) is 7.35. The van der Waals surface area contributed by atoms with Crippen LogP contribution >= 0.6 is 0 Å². The maximum absolute atomic E-state index is 12.0. The highest BCUT2D eigenvalue weighted by Crippen LogP contribution is 2.42. The summed E-state index contributed by atoms with van der Waals surface area (Å²) in [6.07, 6.45) is 0. The first-order valence-electron chi connectivity index (χ1n) is 12.5. The predicted octanol–water partition coefficient (Wildman–Crippen LogP) is 7.58. The average Bonchev–Trinajstić information content (AvgIpc) is 2.97. The van der Waals surface area contributed by atoms with Crippen LogP contribution in [0.25, 0.3) is 21.9 Å². The Morgan fingerprint density at radius 2 is 1.28 bits per heavy atom. The van der Waals surface area contributed by atoms with Crippen molar-refractivity contribution in [1.29, 1.82) is 0 Å². The number of nitrogens with zero attached hydrogens (tertiary/aromatic N) is 4. The van der Waals surface area contributed by atoms with Crippen molar-refractivity contribution in [3.63, 3.8) is 0 Å². The van der Waals surface area contributed by atoms with E-state index in [4.69, 9.17) is 5.73 Å². The second-order valence-corrected chi connectivity index (χ2v) is 10.9. The minimum Gasteiger partial charge on any atom is -0.507 e. The summed E-state index contributed by atoms with van der Waals surface area (Å²) in [4.78, 5) is 10.7. The Hall–Kier alpha value is -5.66. The maximum Gasteiger partial charge on any atom is 0.339 e.